The molecule has 33 heavy (non-hydrogen) atoms. The molecule has 0 aromatic heterocycles. The number of rotatable bonds is 9. The first-order valence-electron chi connectivity index (χ1n) is 14.0. The summed E-state index contributed by atoms with van der Waals surface area (Å²) >= 11 is 0. The molecule has 4 nitrogen and oxygen atoms in total. The second-order valence-corrected chi connectivity index (χ2v) is 12.4. The van der Waals surface area contributed by atoms with Gasteiger partial charge >= 0.3 is 0 Å². The van der Waals surface area contributed by atoms with Crippen molar-refractivity contribution in [2.45, 2.75) is 117 Å². The molecule has 0 aromatic carbocycles. The third-order valence-corrected chi connectivity index (χ3v) is 10.6. The van der Waals surface area contributed by atoms with Crippen molar-refractivity contribution in [3.8, 4) is 0 Å². The molecule has 0 radical (unpaired) electrons. The van der Waals surface area contributed by atoms with E-state index >= 15 is 0 Å². The Morgan fingerprint density at radius 1 is 1.12 bits per heavy atom. The van der Waals surface area contributed by atoms with E-state index in [1.54, 1.807) is 12.5 Å². The van der Waals surface area contributed by atoms with Gasteiger partial charge in [-0.1, -0.05) is 38.3 Å². The molecule has 0 spiro atoms. The standard InChI is InChI=1S/C29H49NO3/c1-20(30-21(2)32)25-11-12-26-24-10-9-22-19-23(33-18-8-6-5-7-17-31)13-15-28(22,3)27(24)14-16-29(25,26)4/h9,20,23-27,31H,5-8,10-19H2,1-4H3,(H,30,32)/t20-,23-,24?,25+,26?,27?,28-,29+/m0/s1. The molecule has 4 rings (SSSR count). The molecule has 0 aromatic rings. The van der Waals surface area contributed by atoms with Crippen LogP contribution < -0.4 is 5.32 Å². The van der Waals surface area contributed by atoms with Crippen molar-refractivity contribution in [3.63, 3.8) is 0 Å². The van der Waals surface area contributed by atoms with Gasteiger partial charge in [-0.3, -0.25) is 4.79 Å². The molecular weight excluding hydrogens is 410 g/mol. The van der Waals surface area contributed by atoms with Crippen LogP contribution in [0.4, 0.5) is 0 Å². The van der Waals surface area contributed by atoms with Crippen molar-refractivity contribution >= 4 is 5.91 Å². The van der Waals surface area contributed by atoms with E-state index in [4.69, 9.17) is 9.84 Å². The van der Waals surface area contributed by atoms with Crippen LogP contribution >= 0.6 is 0 Å². The molecule has 8 atom stereocenters. The van der Waals surface area contributed by atoms with E-state index < -0.39 is 0 Å². The van der Waals surface area contributed by atoms with Crippen LogP contribution in [-0.4, -0.2) is 36.4 Å². The highest BCUT2D eigenvalue weighted by atomic mass is 16.5. The van der Waals surface area contributed by atoms with Crippen molar-refractivity contribution in [1.82, 2.24) is 5.32 Å². The first kappa shape index (κ1) is 25.2. The smallest absolute Gasteiger partial charge is 0.217 e. The molecular formula is C29H49NO3. The monoisotopic (exact) mass is 459 g/mol. The summed E-state index contributed by atoms with van der Waals surface area (Å²) in [5, 5.41) is 12.2. The van der Waals surface area contributed by atoms with Crippen molar-refractivity contribution in [2.24, 2.45) is 34.5 Å². The molecule has 4 aliphatic carbocycles. The van der Waals surface area contributed by atoms with Gasteiger partial charge in [0.05, 0.1) is 6.10 Å². The van der Waals surface area contributed by atoms with Crippen LogP contribution in [0.5, 0.6) is 0 Å². The number of unbranched alkanes of at least 4 members (excludes halogenated alkanes) is 3. The number of fused-ring (bicyclic) bond motifs is 5. The van der Waals surface area contributed by atoms with Gasteiger partial charge in [0.15, 0.2) is 0 Å². The Bertz CT molecular complexity index is 720. The van der Waals surface area contributed by atoms with E-state index in [-0.39, 0.29) is 11.9 Å². The number of carbonyl (C=O) groups is 1. The lowest BCUT2D eigenvalue weighted by Crippen LogP contribution is -2.52. The second-order valence-electron chi connectivity index (χ2n) is 12.4. The average molecular weight is 460 g/mol. The summed E-state index contributed by atoms with van der Waals surface area (Å²) in [5.74, 6) is 3.18. The van der Waals surface area contributed by atoms with Crippen molar-refractivity contribution in [1.29, 1.82) is 0 Å². The molecule has 3 fully saturated rings. The number of hydrogen-bond acceptors (Lipinski definition) is 3. The van der Waals surface area contributed by atoms with E-state index in [0.29, 0.717) is 29.5 Å². The van der Waals surface area contributed by atoms with E-state index in [1.165, 1.54) is 51.4 Å². The van der Waals surface area contributed by atoms with Crippen LogP contribution in [0.2, 0.25) is 0 Å². The fourth-order valence-corrected chi connectivity index (χ4v) is 8.87. The number of ether oxygens (including phenoxy) is 1. The molecule has 3 saturated carbocycles. The predicted molar refractivity (Wildman–Crippen MR) is 134 cm³/mol. The third kappa shape index (κ3) is 4.94. The van der Waals surface area contributed by atoms with E-state index in [1.807, 2.05) is 0 Å². The minimum atomic E-state index is 0.116. The molecule has 188 valence electrons. The lowest BCUT2D eigenvalue weighted by atomic mass is 9.47. The van der Waals surface area contributed by atoms with Gasteiger partial charge in [-0.05, 0) is 106 Å². The second kappa shape index (κ2) is 10.4. The minimum absolute atomic E-state index is 0.116. The maximum atomic E-state index is 11.7. The zero-order chi connectivity index (χ0) is 23.6. The van der Waals surface area contributed by atoms with Gasteiger partial charge in [0, 0.05) is 26.2 Å². The zero-order valence-corrected chi connectivity index (χ0v) is 21.7. The summed E-state index contributed by atoms with van der Waals surface area (Å²) in [7, 11) is 0. The van der Waals surface area contributed by atoms with Crippen molar-refractivity contribution in [3.05, 3.63) is 11.6 Å². The van der Waals surface area contributed by atoms with E-state index in [9.17, 15) is 4.79 Å². The normalized spacial score (nSPS) is 40.9. The summed E-state index contributed by atoms with van der Waals surface area (Å²) in [4.78, 5) is 11.7. The fraction of sp³-hybridized carbons (Fsp3) is 0.897. The Hall–Kier alpha value is -0.870. The van der Waals surface area contributed by atoms with Gasteiger partial charge in [-0.2, -0.15) is 0 Å². The Labute approximate surface area is 202 Å². The average Bonchev–Trinajstić information content (AvgIpc) is 3.13. The Balaban J connectivity index is 1.38. The summed E-state index contributed by atoms with van der Waals surface area (Å²) in [6, 6.07) is 0.288. The van der Waals surface area contributed by atoms with Gasteiger partial charge in [-0.15, -0.1) is 0 Å². The molecule has 4 heteroatoms. The molecule has 0 aliphatic heterocycles. The lowest BCUT2D eigenvalue weighted by molar-refractivity contribution is -0.120. The van der Waals surface area contributed by atoms with Crippen LogP contribution in [0.25, 0.3) is 0 Å². The summed E-state index contributed by atoms with van der Waals surface area (Å²) < 4.78 is 6.31. The number of nitrogens with one attached hydrogen (secondary N) is 1. The summed E-state index contributed by atoms with van der Waals surface area (Å²) in [5.41, 5.74) is 2.44. The highest BCUT2D eigenvalue weighted by Gasteiger charge is 2.59. The highest BCUT2D eigenvalue weighted by molar-refractivity contribution is 5.73. The first-order valence-corrected chi connectivity index (χ1v) is 14.0. The largest absolute Gasteiger partial charge is 0.396 e. The van der Waals surface area contributed by atoms with Gasteiger partial charge in [-0.25, -0.2) is 0 Å². The SMILES string of the molecule is CC(=O)N[C@@H](C)[C@H]1CCC2C3CC=C4C[C@@H](OCCCCCCO)CC[C@]4(C)C3CC[C@@]21C. The van der Waals surface area contributed by atoms with E-state index in [0.717, 1.165) is 50.0 Å². The summed E-state index contributed by atoms with van der Waals surface area (Å²) in [6.45, 7) is 10.2. The van der Waals surface area contributed by atoms with Crippen LogP contribution in [0.15, 0.2) is 11.6 Å². The predicted octanol–water partition coefficient (Wildman–Crippen LogP) is 6.03. The van der Waals surface area contributed by atoms with E-state index in [2.05, 4.69) is 32.2 Å². The molecule has 0 saturated heterocycles. The number of amides is 1. The van der Waals surface area contributed by atoms with Gasteiger partial charge in [0.2, 0.25) is 5.91 Å². The fourth-order valence-electron chi connectivity index (χ4n) is 8.87. The van der Waals surface area contributed by atoms with Gasteiger partial charge < -0.3 is 15.2 Å². The maximum Gasteiger partial charge on any atom is 0.217 e. The van der Waals surface area contributed by atoms with Gasteiger partial charge in [0.25, 0.3) is 0 Å². The van der Waals surface area contributed by atoms with Crippen LogP contribution in [0.1, 0.15) is 105 Å². The summed E-state index contributed by atoms with van der Waals surface area (Å²) in [6.07, 6.45) is 17.5. The molecule has 3 unspecified atom stereocenters. The molecule has 1 amide bonds. The Kier molecular flexibility index (Phi) is 7.95. The molecule has 4 aliphatic rings. The topological polar surface area (TPSA) is 58.6 Å². The Morgan fingerprint density at radius 2 is 1.91 bits per heavy atom. The lowest BCUT2D eigenvalue weighted by Gasteiger charge is -2.58. The molecule has 0 bridgehead atoms. The highest BCUT2D eigenvalue weighted by Crippen LogP contribution is 2.66. The van der Waals surface area contributed by atoms with Crippen molar-refractivity contribution < 1.29 is 14.6 Å². The number of hydrogen-bond donors (Lipinski definition) is 2. The molecule has 0 heterocycles. The third-order valence-electron chi connectivity index (χ3n) is 10.6. The number of allylic oxidation sites excluding steroid dienone is 1. The number of carbonyl (C=O) groups excluding carboxylic acids is 1. The number of aliphatic hydroxyl groups is 1. The quantitative estimate of drug-likeness (QED) is 0.327. The first-order chi connectivity index (χ1) is 15.8. The van der Waals surface area contributed by atoms with Crippen molar-refractivity contribution in [2.75, 3.05) is 13.2 Å². The van der Waals surface area contributed by atoms with Crippen LogP contribution in [0, 0.1) is 34.5 Å². The Morgan fingerprint density at radius 3 is 2.67 bits per heavy atom. The van der Waals surface area contributed by atoms with Crippen LogP contribution in [-0.2, 0) is 9.53 Å². The maximum absolute atomic E-state index is 11.7. The molecule has 2 N–H and O–H groups in total. The minimum Gasteiger partial charge on any atom is -0.396 e. The zero-order valence-electron chi connectivity index (χ0n) is 21.7. The van der Waals surface area contributed by atoms with Gasteiger partial charge in [0.1, 0.15) is 0 Å². The van der Waals surface area contributed by atoms with Crippen LogP contribution in [0.3, 0.4) is 0 Å². The number of aliphatic hydroxyl groups excluding tert-OH is 1.